The van der Waals surface area contributed by atoms with Crippen molar-refractivity contribution in [2.75, 3.05) is 17.6 Å². The van der Waals surface area contributed by atoms with E-state index in [2.05, 4.69) is 24.1 Å². The number of pyridine rings is 1. The molecule has 1 aromatic heterocycles. The Balaban J connectivity index is 2.54. The van der Waals surface area contributed by atoms with Gasteiger partial charge in [-0.2, -0.15) is 0 Å². The Bertz CT molecular complexity index is 391. The summed E-state index contributed by atoms with van der Waals surface area (Å²) < 4.78 is 0. The third kappa shape index (κ3) is 4.30. The molecule has 94 valence electrons. The first-order chi connectivity index (χ1) is 8.00. The first-order valence-electron chi connectivity index (χ1n) is 5.73. The fraction of sp³-hybridized carbons (Fsp3) is 0.500. The van der Waals surface area contributed by atoms with E-state index in [9.17, 15) is 4.79 Å². The van der Waals surface area contributed by atoms with E-state index >= 15 is 0 Å². The highest BCUT2D eigenvalue weighted by atomic mass is 16.4. The predicted octanol–water partition coefficient (Wildman–Crippen LogP) is 2.21. The molecule has 5 heteroatoms. The lowest BCUT2D eigenvalue weighted by atomic mass is 10.1. The first-order valence-corrected chi connectivity index (χ1v) is 5.73. The summed E-state index contributed by atoms with van der Waals surface area (Å²) in [6.07, 6.45) is 3.54. The number of anilines is 2. The molecule has 0 aromatic carbocycles. The number of carboxylic acids is 1. The third-order valence-corrected chi connectivity index (χ3v) is 2.43. The zero-order chi connectivity index (χ0) is 12.8. The topological polar surface area (TPSA) is 88.2 Å². The number of rotatable bonds is 6. The molecule has 0 saturated carbocycles. The van der Waals surface area contributed by atoms with Crippen LogP contribution in [-0.2, 0) is 0 Å². The second-order valence-electron chi connectivity index (χ2n) is 4.42. The molecule has 1 heterocycles. The van der Waals surface area contributed by atoms with Crippen LogP contribution in [-0.4, -0.2) is 22.6 Å². The largest absolute Gasteiger partial charge is 0.478 e. The van der Waals surface area contributed by atoms with Crippen molar-refractivity contribution >= 4 is 17.5 Å². The van der Waals surface area contributed by atoms with Crippen molar-refractivity contribution in [1.29, 1.82) is 0 Å². The van der Waals surface area contributed by atoms with Gasteiger partial charge < -0.3 is 16.2 Å². The Kier molecular flexibility index (Phi) is 4.75. The average molecular weight is 237 g/mol. The van der Waals surface area contributed by atoms with Gasteiger partial charge in [-0.05, 0) is 24.8 Å². The molecular formula is C12H19N3O2. The molecule has 0 aliphatic rings. The van der Waals surface area contributed by atoms with Crippen molar-refractivity contribution in [2.24, 2.45) is 5.92 Å². The number of hydrogen-bond donors (Lipinski definition) is 3. The number of nitrogen functional groups attached to an aromatic ring is 1. The summed E-state index contributed by atoms with van der Waals surface area (Å²) in [7, 11) is 0. The molecule has 1 aromatic rings. The maximum Gasteiger partial charge on any atom is 0.337 e. The number of nitrogens with one attached hydrogen (secondary N) is 1. The number of carbonyl (C=O) groups is 1. The van der Waals surface area contributed by atoms with Gasteiger partial charge in [0.05, 0.1) is 17.4 Å². The highest BCUT2D eigenvalue weighted by molar-refractivity contribution is 5.94. The Morgan fingerprint density at radius 1 is 1.59 bits per heavy atom. The van der Waals surface area contributed by atoms with Gasteiger partial charge in [0.15, 0.2) is 0 Å². The number of aromatic carboxylic acids is 1. The van der Waals surface area contributed by atoms with E-state index in [1.165, 1.54) is 12.3 Å². The van der Waals surface area contributed by atoms with E-state index in [1.54, 1.807) is 0 Å². The van der Waals surface area contributed by atoms with Gasteiger partial charge in [0, 0.05) is 6.54 Å². The maximum absolute atomic E-state index is 10.9. The van der Waals surface area contributed by atoms with Gasteiger partial charge in [0.25, 0.3) is 0 Å². The van der Waals surface area contributed by atoms with Crippen molar-refractivity contribution in [3.05, 3.63) is 17.8 Å². The van der Waals surface area contributed by atoms with E-state index in [0.29, 0.717) is 11.7 Å². The van der Waals surface area contributed by atoms with Crippen LogP contribution in [0.1, 0.15) is 37.0 Å². The summed E-state index contributed by atoms with van der Waals surface area (Å²) in [5.41, 5.74) is 5.79. The average Bonchev–Trinajstić information content (AvgIpc) is 2.25. The summed E-state index contributed by atoms with van der Waals surface area (Å²) in [6.45, 7) is 5.13. The molecule has 5 nitrogen and oxygen atoms in total. The monoisotopic (exact) mass is 237 g/mol. The molecule has 0 aliphatic carbocycles. The Labute approximate surface area is 101 Å². The van der Waals surface area contributed by atoms with E-state index in [0.717, 1.165) is 19.4 Å². The van der Waals surface area contributed by atoms with E-state index in [4.69, 9.17) is 10.8 Å². The number of aromatic nitrogens is 1. The Morgan fingerprint density at radius 2 is 2.29 bits per heavy atom. The van der Waals surface area contributed by atoms with E-state index in [-0.39, 0.29) is 11.3 Å². The highest BCUT2D eigenvalue weighted by Crippen LogP contribution is 2.15. The summed E-state index contributed by atoms with van der Waals surface area (Å²) in [6, 6.07) is 1.47. The van der Waals surface area contributed by atoms with E-state index in [1.807, 2.05) is 0 Å². The van der Waals surface area contributed by atoms with Crippen LogP contribution in [0, 0.1) is 5.92 Å². The van der Waals surface area contributed by atoms with Crippen LogP contribution in [0.2, 0.25) is 0 Å². The lowest BCUT2D eigenvalue weighted by molar-refractivity contribution is 0.0698. The van der Waals surface area contributed by atoms with Crippen LogP contribution in [0.5, 0.6) is 0 Å². The smallest absolute Gasteiger partial charge is 0.337 e. The van der Waals surface area contributed by atoms with Gasteiger partial charge >= 0.3 is 5.97 Å². The van der Waals surface area contributed by atoms with Gasteiger partial charge in [0.2, 0.25) is 0 Å². The normalized spacial score (nSPS) is 10.5. The quantitative estimate of drug-likeness (QED) is 0.660. The molecule has 0 bridgehead atoms. The molecule has 0 unspecified atom stereocenters. The number of carboxylic acid groups (broad SMARTS) is 1. The van der Waals surface area contributed by atoms with Crippen molar-refractivity contribution in [2.45, 2.75) is 26.7 Å². The molecule has 0 aliphatic heterocycles. The van der Waals surface area contributed by atoms with Crippen LogP contribution < -0.4 is 11.1 Å². The summed E-state index contributed by atoms with van der Waals surface area (Å²) in [5.74, 6) is 0.196. The third-order valence-electron chi connectivity index (χ3n) is 2.43. The zero-order valence-corrected chi connectivity index (χ0v) is 10.2. The molecule has 0 saturated heterocycles. The SMILES string of the molecule is CC(C)CCCNc1cc(C(=O)O)c(N)cn1. The van der Waals surface area contributed by atoms with E-state index < -0.39 is 5.97 Å². The molecular weight excluding hydrogens is 218 g/mol. The van der Waals surface area contributed by atoms with Gasteiger partial charge in [-0.15, -0.1) is 0 Å². The van der Waals surface area contributed by atoms with Crippen LogP contribution in [0.3, 0.4) is 0 Å². The van der Waals surface area contributed by atoms with Crippen molar-refractivity contribution in [1.82, 2.24) is 4.98 Å². The van der Waals surface area contributed by atoms with Gasteiger partial charge in [-0.25, -0.2) is 9.78 Å². The summed E-state index contributed by atoms with van der Waals surface area (Å²) in [4.78, 5) is 14.9. The van der Waals surface area contributed by atoms with Gasteiger partial charge in [-0.1, -0.05) is 13.8 Å². The second kappa shape index (κ2) is 6.08. The van der Waals surface area contributed by atoms with Crippen molar-refractivity contribution in [3.63, 3.8) is 0 Å². The van der Waals surface area contributed by atoms with Crippen LogP contribution in [0.4, 0.5) is 11.5 Å². The summed E-state index contributed by atoms with van der Waals surface area (Å²) >= 11 is 0. The maximum atomic E-state index is 10.9. The van der Waals surface area contributed by atoms with Crippen molar-refractivity contribution < 1.29 is 9.90 Å². The standard InChI is InChI=1S/C12H19N3O2/c1-8(2)4-3-5-14-11-6-9(12(16)17)10(13)7-15-11/h6-8H,3-5,13H2,1-2H3,(H,14,15)(H,16,17). The minimum Gasteiger partial charge on any atom is -0.478 e. The number of hydrogen-bond acceptors (Lipinski definition) is 4. The second-order valence-corrected chi connectivity index (χ2v) is 4.42. The van der Waals surface area contributed by atoms with Crippen molar-refractivity contribution in [3.8, 4) is 0 Å². The fourth-order valence-corrected chi connectivity index (χ4v) is 1.47. The van der Waals surface area contributed by atoms with Crippen LogP contribution >= 0.6 is 0 Å². The van der Waals surface area contributed by atoms with Crippen LogP contribution in [0.25, 0.3) is 0 Å². The molecule has 17 heavy (non-hydrogen) atoms. The molecule has 0 radical (unpaired) electrons. The lowest BCUT2D eigenvalue weighted by Crippen LogP contribution is -2.08. The Morgan fingerprint density at radius 3 is 2.88 bits per heavy atom. The fourth-order valence-electron chi connectivity index (χ4n) is 1.47. The summed E-state index contributed by atoms with van der Waals surface area (Å²) in [5, 5.41) is 12.0. The molecule has 0 amide bonds. The molecule has 4 N–H and O–H groups in total. The zero-order valence-electron chi connectivity index (χ0n) is 10.2. The minimum atomic E-state index is -1.03. The minimum absolute atomic E-state index is 0.0892. The van der Waals surface area contributed by atoms with Gasteiger partial charge in [-0.3, -0.25) is 0 Å². The first kappa shape index (κ1) is 13.3. The molecule has 0 spiro atoms. The van der Waals surface area contributed by atoms with Crippen LogP contribution in [0.15, 0.2) is 12.3 Å². The predicted molar refractivity (Wildman–Crippen MR) is 68.2 cm³/mol. The highest BCUT2D eigenvalue weighted by Gasteiger charge is 2.09. The number of nitrogens with zero attached hydrogens (tertiary/aromatic N) is 1. The molecule has 0 atom stereocenters. The molecule has 0 fully saturated rings. The Hall–Kier alpha value is -1.78. The van der Waals surface area contributed by atoms with Gasteiger partial charge in [0.1, 0.15) is 5.82 Å². The molecule has 1 rings (SSSR count). The lowest BCUT2D eigenvalue weighted by Gasteiger charge is -2.08. The number of nitrogens with two attached hydrogens (primary N) is 1.